The molecule has 0 spiro atoms. The number of aromatic carboxylic acids is 1. The van der Waals surface area contributed by atoms with E-state index in [2.05, 4.69) is 0 Å². The van der Waals surface area contributed by atoms with Gasteiger partial charge in [0.05, 0.1) is 27.4 Å². The molecule has 2 aromatic carbocycles. The molecule has 3 N–H and O–H groups in total. The lowest BCUT2D eigenvalue weighted by Gasteiger charge is -2.27. The molecule has 13 nitrogen and oxygen atoms in total. The lowest BCUT2D eigenvalue weighted by molar-refractivity contribution is -0.438. The molecular weight excluding hydrogens is 733 g/mol. The van der Waals surface area contributed by atoms with Gasteiger partial charge < -0.3 is 14.6 Å². The van der Waals surface area contributed by atoms with Crippen LogP contribution in [0.25, 0.3) is 0 Å². The first-order chi connectivity index (χ1) is 24.0. The lowest BCUT2D eigenvalue weighted by atomic mass is 9.81. The Hall–Kier alpha value is -3.93. The summed E-state index contributed by atoms with van der Waals surface area (Å²) in [6.45, 7) is 8.59. The highest BCUT2D eigenvalue weighted by Gasteiger charge is 2.44. The van der Waals surface area contributed by atoms with Gasteiger partial charge >= 0.3 is 5.97 Å². The zero-order chi connectivity index (χ0) is 38.7. The standard InChI is InChI=1S/C36H44N2O11S3/c1-35(2)28-24-26(34(39)40)16-18-30(28)37(20-10-12-22-50(41,42)43)32(35)14-8-6-5-7-9-15-33-36(3,4)29-25-27(52(47,48)49)17-19-31(29)38(33)21-11-13-23-51(44,45)46/h5-9,14-19,24-25H,10-13,20-23H2,1-4H3,(H3-,39,40,41,42,43,44,45,46,47,48,49). The van der Waals surface area contributed by atoms with E-state index in [0.717, 1.165) is 22.7 Å². The molecule has 0 atom stereocenters. The lowest BCUT2D eigenvalue weighted by Crippen LogP contribution is -2.28. The summed E-state index contributed by atoms with van der Waals surface area (Å²) in [4.78, 5) is 13.3. The Morgan fingerprint density at radius 1 is 0.788 bits per heavy atom. The van der Waals surface area contributed by atoms with Gasteiger partial charge in [-0.05, 0) is 75.1 Å². The number of hydrogen-bond acceptors (Lipinski definition) is 9. The van der Waals surface area contributed by atoms with Crippen molar-refractivity contribution >= 4 is 53.4 Å². The average Bonchev–Trinajstić information content (AvgIpc) is 3.37. The fourth-order valence-electron chi connectivity index (χ4n) is 6.69. The summed E-state index contributed by atoms with van der Waals surface area (Å²) >= 11 is 0. The van der Waals surface area contributed by atoms with Crippen LogP contribution in [0.15, 0.2) is 89.5 Å². The molecule has 0 saturated carbocycles. The van der Waals surface area contributed by atoms with Gasteiger partial charge in [-0.25, -0.2) is 13.2 Å². The van der Waals surface area contributed by atoms with Crippen LogP contribution in [-0.2, 0) is 41.2 Å². The molecule has 0 bridgehead atoms. The number of anilines is 1. The van der Waals surface area contributed by atoms with Gasteiger partial charge in [-0.2, -0.15) is 21.4 Å². The Bertz CT molecular complexity index is 2210. The van der Waals surface area contributed by atoms with Crippen LogP contribution in [0.4, 0.5) is 11.4 Å². The molecule has 0 aliphatic carbocycles. The molecule has 0 aromatic heterocycles. The number of allylic oxidation sites excluding steroid dienone is 8. The van der Waals surface area contributed by atoms with Gasteiger partial charge in [0, 0.05) is 47.5 Å². The normalized spacial score (nSPS) is 18.0. The van der Waals surface area contributed by atoms with Gasteiger partial charge in [0.1, 0.15) is 16.7 Å². The predicted octanol–water partition coefficient (Wildman–Crippen LogP) is 5.35. The maximum absolute atomic E-state index is 11.8. The second kappa shape index (κ2) is 15.6. The molecule has 0 unspecified atom stereocenters. The van der Waals surface area contributed by atoms with Crippen molar-refractivity contribution in [2.75, 3.05) is 29.5 Å². The summed E-state index contributed by atoms with van der Waals surface area (Å²) in [6.07, 6.45) is 14.2. The number of nitrogens with zero attached hydrogens (tertiary/aromatic N) is 2. The average molecular weight is 777 g/mol. The highest BCUT2D eigenvalue weighted by atomic mass is 32.2. The Kier molecular flexibility index (Phi) is 12.2. The third-order valence-corrected chi connectivity index (χ3v) is 11.8. The van der Waals surface area contributed by atoms with Crippen LogP contribution in [0.1, 0.15) is 74.9 Å². The smallest absolute Gasteiger partial charge is 0.335 e. The van der Waals surface area contributed by atoms with Gasteiger partial charge in [0.2, 0.25) is 5.69 Å². The fraction of sp³-hybridized carbons (Fsp3) is 0.389. The molecule has 2 aromatic rings. The van der Waals surface area contributed by atoms with Gasteiger partial charge in [-0.1, -0.05) is 44.2 Å². The highest BCUT2D eigenvalue weighted by Crippen LogP contribution is 2.48. The number of carboxylic acids is 1. The van der Waals surface area contributed by atoms with Crippen LogP contribution < -0.4 is 4.90 Å². The van der Waals surface area contributed by atoms with E-state index in [9.17, 15) is 39.7 Å². The zero-order valence-corrected chi connectivity index (χ0v) is 31.8. The van der Waals surface area contributed by atoms with E-state index in [1.54, 1.807) is 36.4 Å². The van der Waals surface area contributed by atoms with E-state index in [-0.39, 0.29) is 34.8 Å². The number of rotatable bonds is 16. The number of benzene rings is 2. The van der Waals surface area contributed by atoms with Crippen LogP contribution in [-0.4, -0.2) is 84.9 Å². The molecule has 16 heteroatoms. The molecule has 0 amide bonds. The topological polar surface area (TPSA) is 209 Å². The molecular formula is C36H44N2O11S3. The first kappa shape index (κ1) is 40.8. The van der Waals surface area contributed by atoms with E-state index in [1.165, 1.54) is 18.2 Å². The van der Waals surface area contributed by atoms with Gasteiger partial charge in [-0.15, -0.1) is 0 Å². The Balaban J connectivity index is 1.59. The van der Waals surface area contributed by atoms with E-state index in [1.807, 2.05) is 61.5 Å². The molecule has 0 fully saturated rings. The maximum atomic E-state index is 11.8. The zero-order valence-electron chi connectivity index (χ0n) is 29.4. The minimum Gasteiger partial charge on any atom is -0.744 e. The van der Waals surface area contributed by atoms with Crippen LogP contribution in [0.2, 0.25) is 0 Å². The maximum Gasteiger partial charge on any atom is 0.335 e. The number of carbonyl (C=O) groups is 1. The second-order valence-corrected chi connectivity index (χ2v) is 18.3. The molecule has 0 radical (unpaired) electrons. The van der Waals surface area contributed by atoms with Crippen molar-refractivity contribution < 1.29 is 53.4 Å². The first-order valence-corrected chi connectivity index (χ1v) is 21.2. The number of hydrogen-bond donors (Lipinski definition) is 3. The van der Waals surface area contributed by atoms with Gasteiger partial charge in [0.25, 0.3) is 20.2 Å². The van der Waals surface area contributed by atoms with Crippen molar-refractivity contribution in [2.24, 2.45) is 0 Å². The van der Waals surface area contributed by atoms with Crippen molar-refractivity contribution in [3.05, 3.63) is 101 Å². The van der Waals surface area contributed by atoms with Crippen LogP contribution >= 0.6 is 0 Å². The SMILES string of the molecule is CC1(C)C(=CC=CC=CC=CC2=[N+](CCCCS(=O)(=O)O)c3ccc(C(=O)O)cc3C2(C)C)N(CCCCS(=O)(=O)O)c2ccc(S(=O)(=O)[O-])cc21. The fourth-order valence-corrected chi connectivity index (χ4v) is 8.33. The van der Waals surface area contributed by atoms with Crippen molar-refractivity contribution in [3.8, 4) is 0 Å². The minimum atomic E-state index is -4.70. The summed E-state index contributed by atoms with van der Waals surface area (Å²) in [7, 11) is -12.9. The van der Waals surface area contributed by atoms with Crippen molar-refractivity contribution in [3.63, 3.8) is 0 Å². The quantitative estimate of drug-likeness (QED) is 0.0853. The first-order valence-electron chi connectivity index (χ1n) is 16.6. The summed E-state index contributed by atoms with van der Waals surface area (Å²) < 4.78 is 101. The van der Waals surface area contributed by atoms with Crippen LogP contribution in [0.5, 0.6) is 0 Å². The third kappa shape index (κ3) is 9.73. The molecule has 2 aliphatic heterocycles. The largest absolute Gasteiger partial charge is 0.744 e. The number of unbranched alkanes of at least 4 members (excludes halogenated alkanes) is 2. The van der Waals surface area contributed by atoms with Crippen molar-refractivity contribution in [2.45, 2.75) is 69.1 Å². The molecule has 2 aliphatic rings. The highest BCUT2D eigenvalue weighted by molar-refractivity contribution is 7.86. The Morgan fingerprint density at radius 3 is 2.02 bits per heavy atom. The van der Waals surface area contributed by atoms with Gasteiger partial charge in [0.15, 0.2) is 5.71 Å². The molecule has 52 heavy (non-hydrogen) atoms. The molecule has 0 saturated heterocycles. The summed E-state index contributed by atoms with van der Waals surface area (Å²) in [5.74, 6) is -1.79. The van der Waals surface area contributed by atoms with Crippen LogP contribution in [0, 0.1) is 0 Å². The molecule has 282 valence electrons. The Morgan fingerprint density at radius 2 is 1.40 bits per heavy atom. The van der Waals surface area contributed by atoms with E-state index >= 15 is 0 Å². The minimum absolute atomic E-state index is 0.156. The third-order valence-electron chi connectivity index (χ3n) is 9.31. The number of fused-ring (bicyclic) bond motifs is 2. The van der Waals surface area contributed by atoms with Crippen LogP contribution in [0.3, 0.4) is 0 Å². The molecule has 2 heterocycles. The summed E-state index contributed by atoms with van der Waals surface area (Å²) in [5.41, 5.74) is 3.50. The Labute approximate surface area is 305 Å². The predicted molar refractivity (Wildman–Crippen MR) is 198 cm³/mol. The monoisotopic (exact) mass is 776 g/mol. The summed E-state index contributed by atoms with van der Waals surface area (Å²) in [5, 5.41) is 9.59. The summed E-state index contributed by atoms with van der Waals surface area (Å²) in [6, 6.07) is 9.13. The second-order valence-electron chi connectivity index (χ2n) is 13.8. The van der Waals surface area contributed by atoms with Crippen molar-refractivity contribution in [1.82, 2.24) is 0 Å². The van der Waals surface area contributed by atoms with Gasteiger partial charge in [-0.3, -0.25) is 9.11 Å². The van der Waals surface area contributed by atoms with E-state index in [4.69, 9.17) is 9.11 Å². The molecule has 4 rings (SSSR count). The van der Waals surface area contributed by atoms with Crippen molar-refractivity contribution in [1.29, 1.82) is 0 Å². The number of carboxylic acid groups (broad SMARTS) is 1. The van der Waals surface area contributed by atoms with E-state index < -0.39 is 47.2 Å². The van der Waals surface area contributed by atoms with E-state index in [0.29, 0.717) is 37.2 Å².